The molecule has 1 saturated carbocycles. The molecule has 20 heavy (non-hydrogen) atoms. The summed E-state index contributed by atoms with van der Waals surface area (Å²) in [6.45, 7) is 2.57. The highest BCUT2D eigenvalue weighted by Gasteiger charge is 2.60. The van der Waals surface area contributed by atoms with Gasteiger partial charge in [0, 0.05) is 41.4 Å². The van der Waals surface area contributed by atoms with Crippen LogP contribution in [0.4, 0.5) is 4.39 Å². The molecule has 5 nitrogen and oxygen atoms in total. The second kappa shape index (κ2) is 4.82. The molecule has 1 aromatic rings. The maximum absolute atomic E-state index is 14.0. The van der Waals surface area contributed by atoms with Gasteiger partial charge in [0.05, 0.1) is 5.92 Å². The largest absolute Gasteiger partial charge is 0.300 e. The molecule has 1 aliphatic heterocycles. The van der Waals surface area contributed by atoms with Crippen molar-refractivity contribution in [2.24, 2.45) is 22.9 Å². The Morgan fingerprint density at radius 1 is 1.65 bits per heavy atom. The van der Waals surface area contributed by atoms with E-state index in [2.05, 4.69) is 5.10 Å². The minimum atomic E-state index is -0.437. The minimum Gasteiger partial charge on any atom is -0.300 e. The van der Waals surface area contributed by atoms with Crippen LogP contribution in [0.15, 0.2) is 11.2 Å². The topological polar surface area (TPSA) is 64.9 Å². The molecular formula is C13H16FN3O2S. The van der Waals surface area contributed by atoms with Crippen molar-refractivity contribution in [1.29, 1.82) is 0 Å². The summed E-state index contributed by atoms with van der Waals surface area (Å²) < 4.78 is 14.0. The summed E-state index contributed by atoms with van der Waals surface area (Å²) in [5.41, 5.74) is 1.70. The second-order valence-electron chi connectivity index (χ2n) is 5.44. The number of amides is 1. The van der Waals surface area contributed by atoms with Gasteiger partial charge in [-0.05, 0) is 18.9 Å². The predicted molar refractivity (Wildman–Crippen MR) is 73.3 cm³/mol. The summed E-state index contributed by atoms with van der Waals surface area (Å²) in [5.74, 6) is -1.11. The van der Waals surface area contributed by atoms with Gasteiger partial charge in [0.2, 0.25) is 5.91 Å². The molecule has 108 valence electrons. The van der Waals surface area contributed by atoms with Crippen molar-refractivity contribution in [3.05, 3.63) is 21.6 Å². The highest BCUT2D eigenvalue weighted by molar-refractivity contribution is 7.12. The van der Waals surface area contributed by atoms with Crippen LogP contribution >= 0.6 is 11.3 Å². The summed E-state index contributed by atoms with van der Waals surface area (Å²) in [5, 5.41) is 14.9. The summed E-state index contributed by atoms with van der Waals surface area (Å²) in [4.78, 5) is 13.3. The smallest absolute Gasteiger partial charge is 0.247 e. The number of carbonyl (C=O) groups is 1. The molecule has 1 fully saturated rings. The Labute approximate surface area is 120 Å². The van der Waals surface area contributed by atoms with Gasteiger partial charge in [-0.1, -0.05) is 0 Å². The van der Waals surface area contributed by atoms with Crippen LogP contribution in [0.2, 0.25) is 0 Å². The fraction of sp³-hybridized carbons (Fsp3) is 0.538. The number of carbonyl (C=O) groups excluding carboxylic acids is 1. The van der Waals surface area contributed by atoms with Crippen molar-refractivity contribution < 1.29 is 14.4 Å². The van der Waals surface area contributed by atoms with E-state index in [1.165, 1.54) is 17.4 Å². The molecule has 2 N–H and O–H groups in total. The highest BCUT2D eigenvalue weighted by Crippen LogP contribution is 2.60. The Balaban J connectivity index is 1.87. The number of nitrogens with one attached hydrogen (secondary N) is 1. The average Bonchev–Trinajstić information content (AvgIpc) is 2.84. The zero-order valence-corrected chi connectivity index (χ0v) is 12.0. The quantitative estimate of drug-likeness (QED) is 0.657. The third-order valence-corrected chi connectivity index (χ3v) is 5.18. The maximum atomic E-state index is 14.0. The van der Waals surface area contributed by atoms with Gasteiger partial charge in [0.15, 0.2) is 0 Å². The van der Waals surface area contributed by atoms with Gasteiger partial charge < -0.3 is 0 Å². The van der Waals surface area contributed by atoms with E-state index < -0.39 is 5.91 Å². The molecular weight excluding hydrogens is 281 g/mol. The van der Waals surface area contributed by atoms with E-state index in [1.54, 1.807) is 5.48 Å². The summed E-state index contributed by atoms with van der Waals surface area (Å²) >= 11 is 1.39. The van der Waals surface area contributed by atoms with Gasteiger partial charge in [0.25, 0.3) is 0 Å². The SMILES string of the molecule is Cc1cc(F)c([C@H]2[C@@H](C(=O)NO)[C@@H]2C2C=NN(C)C2)s1. The number of rotatable bonds is 3. The van der Waals surface area contributed by atoms with Crippen LogP contribution in [0.5, 0.6) is 0 Å². The number of hydrogen-bond acceptors (Lipinski definition) is 5. The molecule has 2 aliphatic rings. The second-order valence-corrected chi connectivity index (χ2v) is 6.73. The molecule has 0 aromatic carbocycles. The summed E-state index contributed by atoms with van der Waals surface area (Å²) in [6.07, 6.45) is 1.82. The molecule has 0 bridgehead atoms. The van der Waals surface area contributed by atoms with Crippen LogP contribution in [0.25, 0.3) is 0 Å². The van der Waals surface area contributed by atoms with Crippen LogP contribution in [-0.4, -0.2) is 35.9 Å². The van der Waals surface area contributed by atoms with Crippen LogP contribution in [0, 0.1) is 30.5 Å². The first kappa shape index (κ1) is 13.5. The Morgan fingerprint density at radius 2 is 2.40 bits per heavy atom. The molecule has 7 heteroatoms. The van der Waals surface area contributed by atoms with Gasteiger partial charge in [-0.3, -0.25) is 15.0 Å². The first-order valence-corrected chi connectivity index (χ1v) is 7.29. The van der Waals surface area contributed by atoms with Gasteiger partial charge in [-0.2, -0.15) is 5.10 Å². The number of thiophene rings is 1. The van der Waals surface area contributed by atoms with Gasteiger partial charge in [0.1, 0.15) is 5.82 Å². The molecule has 3 rings (SSSR count). The van der Waals surface area contributed by atoms with Crippen molar-refractivity contribution in [2.45, 2.75) is 12.8 Å². The van der Waals surface area contributed by atoms with Crippen LogP contribution in [-0.2, 0) is 4.79 Å². The zero-order valence-electron chi connectivity index (χ0n) is 11.2. The zero-order chi connectivity index (χ0) is 14.4. The average molecular weight is 297 g/mol. The maximum Gasteiger partial charge on any atom is 0.247 e. The molecule has 1 aliphatic carbocycles. The molecule has 1 amide bonds. The van der Waals surface area contributed by atoms with Gasteiger partial charge in [-0.25, -0.2) is 9.87 Å². The number of halogens is 1. The monoisotopic (exact) mass is 297 g/mol. The fourth-order valence-corrected chi connectivity index (χ4v) is 4.27. The van der Waals surface area contributed by atoms with E-state index in [1.807, 2.05) is 25.2 Å². The van der Waals surface area contributed by atoms with E-state index in [4.69, 9.17) is 5.21 Å². The molecule has 2 heterocycles. The van der Waals surface area contributed by atoms with Crippen LogP contribution in [0.3, 0.4) is 0 Å². The number of nitrogens with zero attached hydrogens (tertiary/aromatic N) is 2. The van der Waals surface area contributed by atoms with Crippen LogP contribution in [0.1, 0.15) is 15.7 Å². The van der Waals surface area contributed by atoms with E-state index in [0.717, 1.165) is 11.4 Å². The Kier molecular flexibility index (Phi) is 3.25. The van der Waals surface area contributed by atoms with Gasteiger partial charge in [-0.15, -0.1) is 11.3 Å². The Bertz CT molecular complexity index is 574. The lowest BCUT2D eigenvalue weighted by Gasteiger charge is -2.09. The van der Waals surface area contributed by atoms with Crippen molar-refractivity contribution >= 4 is 23.5 Å². The van der Waals surface area contributed by atoms with Crippen molar-refractivity contribution in [2.75, 3.05) is 13.6 Å². The molecule has 0 saturated heterocycles. The lowest BCUT2D eigenvalue weighted by atomic mass is 10.0. The van der Waals surface area contributed by atoms with E-state index in [9.17, 15) is 9.18 Å². The predicted octanol–water partition coefficient (Wildman–Crippen LogP) is 1.58. The van der Waals surface area contributed by atoms with Crippen molar-refractivity contribution in [1.82, 2.24) is 10.5 Å². The number of hydrazone groups is 1. The lowest BCUT2D eigenvalue weighted by molar-refractivity contribution is -0.131. The van der Waals surface area contributed by atoms with Crippen molar-refractivity contribution in [3.8, 4) is 0 Å². The minimum absolute atomic E-state index is 0.00315. The number of aryl methyl sites for hydroxylation is 1. The first-order valence-electron chi connectivity index (χ1n) is 6.48. The highest BCUT2D eigenvalue weighted by atomic mass is 32.1. The molecule has 1 unspecified atom stereocenters. The van der Waals surface area contributed by atoms with E-state index in [0.29, 0.717) is 4.88 Å². The number of hydroxylamine groups is 1. The van der Waals surface area contributed by atoms with Crippen molar-refractivity contribution in [3.63, 3.8) is 0 Å². The standard InChI is InChI=1S/C13H16FN3O2S/c1-6-3-8(14)12(20-6)10-9(11(10)13(18)16-19)7-4-15-17(2)5-7/h3-4,7,9-11,19H,5H2,1-2H3,(H,16,18)/t7?,9-,10-,11+/m1/s1. The normalized spacial score (nSPS) is 31.7. The molecule has 1 aromatic heterocycles. The van der Waals surface area contributed by atoms with Gasteiger partial charge >= 0.3 is 0 Å². The third-order valence-electron chi connectivity index (χ3n) is 4.05. The molecule has 0 radical (unpaired) electrons. The Morgan fingerprint density at radius 3 is 2.90 bits per heavy atom. The molecule has 0 spiro atoms. The number of hydrogen-bond donors (Lipinski definition) is 2. The summed E-state index contributed by atoms with van der Waals surface area (Å²) in [6, 6.07) is 1.50. The lowest BCUT2D eigenvalue weighted by Crippen LogP contribution is -2.24. The summed E-state index contributed by atoms with van der Waals surface area (Å²) in [7, 11) is 1.87. The Hall–Kier alpha value is -1.47. The first-order chi connectivity index (χ1) is 9.52. The third kappa shape index (κ3) is 2.10. The molecule has 4 atom stereocenters. The van der Waals surface area contributed by atoms with E-state index >= 15 is 0 Å². The fourth-order valence-electron chi connectivity index (χ4n) is 3.17. The van der Waals surface area contributed by atoms with E-state index in [-0.39, 0.29) is 29.5 Å². The van der Waals surface area contributed by atoms with Crippen LogP contribution < -0.4 is 5.48 Å².